The minimum atomic E-state index is -0.312. The largest absolute Gasteiger partial charge is 0.326 e. The van der Waals surface area contributed by atoms with Gasteiger partial charge < -0.3 is 10.2 Å². The van der Waals surface area contributed by atoms with Gasteiger partial charge in [0, 0.05) is 37.3 Å². The zero-order valence-electron chi connectivity index (χ0n) is 15.0. The van der Waals surface area contributed by atoms with Crippen molar-refractivity contribution < 1.29 is 9.18 Å². The lowest BCUT2D eigenvalue weighted by Crippen LogP contribution is -2.37. The molecule has 0 saturated carbocycles. The molecular weight excluding hydrogens is 345 g/mol. The summed E-state index contributed by atoms with van der Waals surface area (Å²) in [6, 6.07) is 11.7. The van der Waals surface area contributed by atoms with E-state index < -0.39 is 0 Å². The highest BCUT2D eigenvalue weighted by molar-refractivity contribution is 5.90. The summed E-state index contributed by atoms with van der Waals surface area (Å²) in [7, 11) is 0. The molecule has 1 atom stereocenters. The predicted molar refractivity (Wildman–Crippen MR) is 101 cm³/mol. The third-order valence-corrected chi connectivity index (χ3v) is 4.99. The summed E-state index contributed by atoms with van der Waals surface area (Å²) >= 11 is 0. The zero-order valence-corrected chi connectivity index (χ0v) is 15.0. The van der Waals surface area contributed by atoms with Gasteiger partial charge in [0.25, 0.3) is 0 Å². The molecule has 0 aliphatic carbocycles. The average Bonchev–Trinajstić information content (AvgIpc) is 3.13. The number of anilines is 1. The van der Waals surface area contributed by atoms with E-state index in [0.29, 0.717) is 24.6 Å². The van der Waals surface area contributed by atoms with Gasteiger partial charge in [-0.2, -0.15) is 0 Å². The Hall–Kier alpha value is -2.80. The second-order valence-electron chi connectivity index (χ2n) is 6.93. The van der Waals surface area contributed by atoms with E-state index in [2.05, 4.69) is 24.8 Å². The SMILES string of the molecule is O=C(CCN1CCC[C@@H](c2nnc3ccccn23)C1)Nc1ccc(F)cc1. The van der Waals surface area contributed by atoms with Crippen LogP contribution in [0.3, 0.4) is 0 Å². The summed E-state index contributed by atoms with van der Waals surface area (Å²) in [6.45, 7) is 2.55. The Bertz CT molecular complexity index is 924. The van der Waals surface area contributed by atoms with E-state index >= 15 is 0 Å². The number of amides is 1. The highest BCUT2D eigenvalue weighted by Crippen LogP contribution is 2.26. The lowest BCUT2D eigenvalue weighted by Gasteiger charge is -2.31. The van der Waals surface area contributed by atoms with Crippen LogP contribution in [0.2, 0.25) is 0 Å². The summed E-state index contributed by atoms with van der Waals surface area (Å²) in [4.78, 5) is 14.5. The van der Waals surface area contributed by atoms with Crippen molar-refractivity contribution in [1.29, 1.82) is 0 Å². The molecule has 6 nitrogen and oxygen atoms in total. The molecule has 1 saturated heterocycles. The molecule has 4 rings (SSSR count). The summed E-state index contributed by atoms with van der Waals surface area (Å²) in [6.07, 6.45) is 4.56. The van der Waals surface area contributed by atoms with Gasteiger partial charge in [0.1, 0.15) is 11.6 Å². The predicted octanol–water partition coefficient (Wildman–Crippen LogP) is 3.08. The Morgan fingerprint density at radius 1 is 1.19 bits per heavy atom. The van der Waals surface area contributed by atoms with Crippen molar-refractivity contribution in [2.45, 2.75) is 25.2 Å². The number of hydrogen-bond acceptors (Lipinski definition) is 4. The summed E-state index contributed by atoms with van der Waals surface area (Å²) < 4.78 is 15.0. The highest BCUT2D eigenvalue weighted by Gasteiger charge is 2.25. The Morgan fingerprint density at radius 3 is 2.89 bits per heavy atom. The number of carbonyl (C=O) groups is 1. The Balaban J connectivity index is 1.33. The third-order valence-electron chi connectivity index (χ3n) is 4.99. The number of piperidine rings is 1. The molecule has 1 aliphatic heterocycles. The maximum Gasteiger partial charge on any atom is 0.225 e. The molecule has 1 aliphatic rings. The van der Waals surface area contributed by atoms with Crippen LogP contribution in [0.15, 0.2) is 48.7 Å². The highest BCUT2D eigenvalue weighted by atomic mass is 19.1. The topological polar surface area (TPSA) is 62.5 Å². The maximum atomic E-state index is 12.9. The van der Waals surface area contributed by atoms with E-state index in [1.54, 1.807) is 12.1 Å². The first-order chi connectivity index (χ1) is 13.2. The monoisotopic (exact) mass is 367 g/mol. The van der Waals surface area contributed by atoms with Crippen LogP contribution in [-0.2, 0) is 4.79 Å². The first-order valence-electron chi connectivity index (χ1n) is 9.26. The molecule has 3 heterocycles. The van der Waals surface area contributed by atoms with Gasteiger partial charge in [0.15, 0.2) is 5.65 Å². The standard InChI is InChI=1S/C20H22FN5O/c21-16-6-8-17(9-7-16)22-19(27)10-13-25-11-3-4-15(14-25)20-24-23-18-5-1-2-12-26(18)20/h1-2,5-9,12,15H,3-4,10-11,13-14H2,(H,22,27)/t15-/m1/s1. The van der Waals surface area contributed by atoms with Crippen molar-refractivity contribution in [3.8, 4) is 0 Å². The van der Waals surface area contributed by atoms with E-state index in [1.807, 2.05) is 24.4 Å². The van der Waals surface area contributed by atoms with E-state index in [4.69, 9.17) is 0 Å². The second-order valence-corrected chi connectivity index (χ2v) is 6.93. The summed E-state index contributed by atoms with van der Waals surface area (Å²) in [5, 5.41) is 11.5. The number of fused-ring (bicyclic) bond motifs is 1. The van der Waals surface area contributed by atoms with E-state index in [1.165, 1.54) is 12.1 Å². The zero-order chi connectivity index (χ0) is 18.6. The molecule has 1 N–H and O–H groups in total. The van der Waals surface area contributed by atoms with Gasteiger partial charge in [0.2, 0.25) is 5.91 Å². The van der Waals surface area contributed by atoms with Gasteiger partial charge in [-0.15, -0.1) is 10.2 Å². The molecule has 2 aromatic heterocycles. The van der Waals surface area contributed by atoms with Crippen LogP contribution in [0.4, 0.5) is 10.1 Å². The number of nitrogens with zero attached hydrogens (tertiary/aromatic N) is 4. The number of nitrogens with one attached hydrogen (secondary N) is 1. The molecule has 3 aromatic rings. The molecule has 0 bridgehead atoms. The van der Waals surface area contributed by atoms with Gasteiger partial charge >= 0.3 is 0 Å². The van der Waals surface area contributed by atoms with Crippen molar-refractivity contribution >= 4 is 17.2 Å². The fourth-order valence-electron chi connectivity index (χ4n) is 3.62. The number of likely N-dealkylation sites (tertiary alicyclic amines) is 1. The summed E-state index contributed by atoms with van der Waals surface area (Å²) in [5.41, 5.74) is 1.48. The molecule has 1 amide bonds. The Kier molecular flexibility index (Phi) is 5.11. The van der Waals surface area contributed by atoms with Crippen molar-refractivity contribution in [3.63, 3.8) is 0 Å². The minimum absolute atomic E-state index is 0.0586. The van der Waals surface area contributed by atoms with E-state index in [-0.39, 0.29) is 11.7 Å². The number of hydrogen-bond donors (Lipinski definition) is 1. The third kappa shape index (κ3) is 4.14. The minimum Gasteiger partial charge on any atom is -0.326 e. The molecule has 1 aromatic carbocycles. The number of carbonyl (C=O) groups excluding carboxylic acids is 1. The smallest absolute Gasteiger partial charge is 0.225 e. The van der Waals surface area contributed by atoms with Crippen molar-refractivity contribution in [2.75, 3.05) is 25.0 Å². The van der Waals surface area contributed by atoms with Crippen LogP contribution in [0.1, 0.15) is 31.0 Å². The molecule has 0 radical (unpaired) electrons. The van der Waals surface area contributed by atoms with Crippen LogP contribution >= 0.6 is 0 Å². The fraction of sp³-hybridized carbons (Fsp3) is 0.350. The molecule has 1 fully saturated rings. The second kappa shape index (κ2) is 7.84. The Labute approximate surface area is 157 Å². The lowest BCUT2D eigenvalue weighted by molar-refractivity contribution is -0.116. The van der Waals surface area contributed by atoms with Crippen molar-refractivity contribution in [1.82, 2.24) is 19.5 Å². The van der Waals surface area contributed by atoms with E-state index in [9.17, 15) is 9.18 Å². The van der Waals surface area contributed by atoms with Gasteiger partial charge in [0.05, 0.1) is 0 Å². The number of pyridine rings is 1. The molecular formula is C20H22FN5O. The van der Waals surface area contributed by atoms with Gasteiger partial charge in [-0.3, -0.25) is 9.20 Å². The number of halogens is 1. The molecule has 0 unspecified atom stereocenters. The fourth-order valence-corrected chi connectivity index (χ4v) is 3.62. The van der Waals surface area contributed by atoms with Crippen molar-refractivity contribution in [3.05, 3.63) is 60.3 Å². The van der Waals surface area contributed by atoms with Crippen LogP contribution in [0, 0.1) is 5.82 Å². The Morgan fingerprint density at radius 2 is 2.04 bits per heavy atom. The summed E-state index contributed by atoms with van der Waals surface area (Å²) in [5.74, 6) is 0.937. The maximum absolute atomic E-state index is 12.9. The quantitative estimate of drug-likeness (QED) is 0.753. The number of benzene rings is 1. The first-order valence-corrected chi connectivity index (χ1v) is 9.26. The van der Waals surface area contributed by atoms with Crippen LogP contribution in [0.25, 0.3) is 5.65 Å². The number of aromatic nitrogens is 3. The molecule has 7 heteroatoms. The first kappa shape index (κ1) is 17.6. The molecule has 140 valence electrons. The van der Waals surface area contributed by atoms with Crippen molar-refractivity contribution in [2.24, 2.45) is 0 Å². The lowest BCUT2D eigenvalue weighted by atomic mass is 9.97. The van der Waals surface area contributed by atoms with Gasteiger partial charge in [-0.05, 0) is 55.8 Å². The molecule has 0 spiro atoms. The van der Waals surface area contributed by atoms with Gasteiger partial charge in [-0.25, -0.2) is 4.39 Å². The van der Waals surface area contributed by atoms with E-state index in [0.717, 1.165) is 37.4 Å². The van der Waals surface area contributed by atoms with Crippen LogP contribution in [-0.4, -0.2) is 45.0 Å². The van der Waals surface area contributed by atoms with Gasteiger partial charge in [-0.1, -0.05) is 6.07 Å². The molecule has 27 heavy (non-hydrogen) atoms. The van der Waals surface area contributed by atoms with Crippen LogP contribution < -0.4 is 5.32 Å². The normalized spacial score (nSPS) is 17.9. The van der Waals surface area contributed by atoms with Crippen LogP contribution in [0.5, 0.6) is 0 Å². The number of rotatable bonds is 5. The average molecular weight is 367 g/mol.